The number of aliphatic carboxylic acids is 1. The summed E-state index contributed by atoms with van der Waals surface area (Å²) in [6.45, 7) is 3.66. The fourth-order valence-electron chi connectivity index (χ4n) is 2.46. The number of piperazine rings is 1. The summed E-state index contributed by atoms with van der Waals surface area (Å²) in [6, 6.07) is 0. The van der Waals surface area contributed by atoms with Gasteiger partial charge in [-0.15, -0.1) is 0 Å². The van der Waals surface area contributed by atoms with E-state index in [2.05, 4.69) is 0 Å². The van der Waals surface area contributed by atoms with Gasteiger partial charge in [0.2, 0.25) is 0 Å². The monoisotopic (exact) mass is 270 g/mol. The molecule has 0 spiro atoms. The fourth-order valence-corrected chi connectivity index (χ4v) is 2.46. The zero-order valence-electron chi connectivity index (χ0n) is 10.9. The van der Waals surface area contributed by atoms with Gasteiger partial charge in [0.1, 0.15) is 0 Å². The van der Waals surface area contributed by atoms with Crippen LogP contribution in [0.4, 0.5) is 0 Å². The van der Waals surface area contributed by atoms with Crippen molar-refractivity contribution >= 4 is 17.8 Å². The number of nitrogens with zero attached hydrogens (tertiary/aromatic N) is 2. The lowest BCUT2D eigenvalue weighted by Gasteiger charge is -2.34. The van der Waals surface area contributed by atoms with E-state index in [1.54, 1.807) is 0 Å². The zero-order chi connectivity index (χ0) is 14.0. The topological polar surface area (TPSA) is 87.2 Å². The van der Waals surface area contributed by atoms with E-state index in [-0.39, 0.29) is 6.10 Å². The van der Waals surface area contributed by atoms with Crippen LogP contribution in [0.5, 0.6) is 0 Å². The fraction of sp³-hybridized carbons (Fsp3) is 0.750. The van der Waals surface area contributed by atoms with Crippen molar-refractivity contribution in [3.8, 4) is 0 Å². The van der Waals surface area contributed by atoms with Gasteiger partial charge in [-0.25, -0.2) is 4.79 Å². The van der Waals surface area contributed by atoms with Crippen LogP contribution in [0.3, 0.4) is 0 Å². The van der Waals surface area contributed by atoms with E-state index in [4.69, 9.17) is 9.84 Å². The maximum absolute atomic E-state index is 11.9. The Balaban J connectivity index is 1.89. The Kier molecular flexibility index (Phi) is 4.04. The second kappa shape index (κ2) is 5.56. The minimum Gasteiger partial charge on any atom is -0.479 e. The minimum absolute atomic E-state index is 0.286. The van der Waals surface area contributed by atoms with Crippen molar-refractivity contribution in [1.29, 1.82) is 0 Å². The van der Waals surface area contributed by atoms with Crippen molar-refractivity contribution < 1.29 is 24.2 Å². The SMILES string of the molecule is CCN1CCN(CC2CCC(C(=O)O)O2)C(=O)C1=O. The number of carboxylic acid groups (broad SMARTS) is 1. The second-order valence-corrected chi connectivity index (χ2v) is 4.80. The molecular weight excluding hydrogens is 252 g/mol. The van der Waals surface area contributed by atoms with Crippen LogP contribution >= 0.6 is 0 Å². The molecule has 2 heterocycles. The molecule has 2 amide bonds. The number of rotatable bonds is 4. The molecule has 0 aliphatic carbocycles. The summed E-state index contributed by atoms with van der Waals surface area (Å²) in [5.41, 5.74) is 0. The van der Waals surface area contributed by atoms with Crippen LogP contribution in [0.2, 0.25) is 0 Å². The highest BCUT2D eigenvalue weighted by atomic mass is 16.5. The van der Waals surface area contributed by atoms with Crippen LogP contribution < -0.4 is 0 Å². The van der Waals surface area contributed by atoms with Gasteiger partial charge in [0.15, 0.2) is 6.10 Å². The van der Waals surface area contributed by atoms with E-state index < -0.39 is 23.9 Å². The molecule has 2 aliphatic rings. The van der Waals surface area contributed by atoms with Crippen LogP contribution in [0.1, 0.15) is 19.8 Å². The highest BCUT2D eigenvalue weighted by molar-refractivity contribution is 6.35. The van der Waals surface area contributed by atoms with Crippen molar-refractivity contribution in [2.75, 3.05) is 26.2 Å². The van der Waals surface area contributed by atoms with E-state index in [1.807, 2.05) is 6.92 Å². The maximum atomic E-state index is 11.9. The van der Waals surface area contributed by atoms with E-state index in [1.165, 1.54) is 9.80 Å². The Morgan fingerprint density at radius 2 is 1.89 bits per heavy atom. The van der Waals surface area contributed by atoms with Crippen LogP contribution in [-0.4, -0.2) is 71.1 Å². The summed E-state index contributed by atoms with van der Waals surface area (Å²) >= 11 is 0. The van der Waals surface area contributed by atoms with Gasteiger partial charge in [-0.3, -0.25) is 9.59 Å². The average molecular weight is 270 g/mol. The first kappa shape index (κ1) is 13.8. The third kappa shape index (κ3) is 2.86. The summed E-state index contributed by atoms with van der Waals surface area (Å²) in [4.78, 5) is 37.3. The van der Waals surface area contributed by atoms with Crippen molar-refractivity contribution in [2.24, 2.45) is 0 Å². The normalized spacial score (nSPS) is 28.1. The summed E-state index contributed by atoms with van der Waals surface area (Å²) < 4.78 is 5.34. The van der Waals surface area contributed by atoms with Gasteiger partial charge >= 0.3 is 17.8 Å². The molecule has 7 heteroatoms. The molecule has 7 nitrogen and oxygen atoms in total. The van der Waals surface area contributed by atoms with Crippen molar-refractivity contribution in [3.63, 3.8) is 0 Å². The molecule has 2 aliphatic heterocycles. The molecule has 19 heavy (non-hydrogen) atoms. The quantitative estimate of drug-likeness (QED) is 0.683. The maximum Gasteiger partial charge on any atom is 0.332 e. The highest BCUT2D eigenvalue weighted by Crippen LogP contribution is 2.21. The first-order chi connectivity index (χ1) is 9.02. The van der Waals surface area contributed by atoms with Crippen LogP contribution in [-0.2, 0) is 19.1 Å². The predicted molar refractivity (Wildman–Crippen MR) is 64.4 cm³/mol. The molecule has 2 rings (SSSR count). The van der Waals surface area contributed by atoms with Gasteiger partial charge in [0, 0.05) is 26.2 Å². The molecule has 2 fully saturated rings. The van der Waals surface area contributed by atoms with Gasteiger partial charge in [-0.1, -0.05) is 0 Å². The van der Waals surface area contributed by atoms with Gasteiger partial charge in [0.05, 0.1) is 6.10 Å². The number of carbonyl (C=O) groups excluding carboxylic acids is 2. The molecule has 0 aromatic carbocycles. The molecule has 2 saturated heterocycles. The lowest BCUT2D eigenvalue weighted by molar-refractivity contribution is -0.158. The van der Waals surface area contributed by atoms with Crippen LogP contribution in [0.25, 0.3) is 0 Å². The minimum atomic E-state index is -0.972. The Labute approximate surface area is 111 Å². The largest absolute Gasteiger partial charge is 0.479 e. The molecule has 0 aromatic rings. The molecule has 0 aromatic heterocycles. The van der Waals surface area contributed by atoms with Gasteiger partial charge in [0.25, 0.3) is 0 Å². The summed E-state index contributed by atoms with van der Waals surface area (Å²) in [5.74, 6) is -1.97. The molecule has 0 bridgehead atoms. The second-order valence-electron chi connectivity index (χ2n) is 4.80. The lowest BCUT2D eigenvalue weighted by atomic mass is 10.1. The predicted octanol–water partition coefficient (Wildman–Crippen LogP) is -0.691. The van der Waals surface area contributed by atoms with E-state index >= 15 is 0 Å². The Bertz CT molecular complexity index is 398. The molecule has 2 atom stereocenters. The van der Waals surface area contributed by atoms with E-state index in [0.29, 0.717) is 39.0 Å². The van der Waals surface area contributed by atoms with Crippen molar-refractivity contribution in [1.82, 2.24) is 9.80 Å². The molecule has 2 unspecified atom stereocenters. The first-order valence-electron chi connectivity index (χ1n) is 6.49. The smallest absolute Gasteiger partial charge is 0.332 e. The Morgan fingerprint density at radius 3 is 2.47 bits per heavy atom. The number of amides is 2. The number of hydrogen-bond acceptors (Lipinski definition) is 4. The lowest BCUT2D eigenvalue weighted by Crippen LogP contribution is -2.55. The Morgan fingerprint density at radius 1 is 1.26 bits per heavy atom. The first-order valence-corrected chi connectivity index (χ1v) is 6.49. The van der Waals surface area contributed by atoms with E-state index in [0.717, 1.165) is 0 Å². The summed E-state index contributed by atoms with van der Waals surface area (Å²) in [6.07, 6.45) is -0.0116. The van der Waals surface area contributed by atoms with Crippen LogP contribution in [0.15, 0.2) is 0 Å². The van der Waals surface area contributed by atoms with Crippen LogP contribution in [0, 0.1) is 0 Å². The standard InChI is InChI=1S/C12H18N2O5/c1-2-13-5-6-14(11(16)10(13)15)7-8-3-4-9(19-8)12(17)18/h8-9H,2-7H2,1H3,(H,17,18). The van der Waals surface area contributed by atoms with Gasteiger partial charge < -0.3 is 19.6 Å². The third-order valence-electron chi connectivity index (χ3n) is 3.59. The third-order valence-corrected chi connectivity index (χ3v) is 3.59. The van der Waals surface area contributed by atoms with E-state index in [9.17, 15) is 14.4 Å². The molecule has 1 N–H and O–H groups in total. The summed E-state index contributed by atoms with van der Waals surface area (Å²) in [5, 5.41) is 8.83. The number of ether oxygens (including phenoxy) is 1. The molecule has 106 valence electrons. The van der Waals surface area contributed by atoms with Gasteiger partial charge in [-0.05, 0) is 19.8 Å². The number of carboxylic acids is 1. The van der Waals surface area contributed by atoms with Crippen molar-refractivity contribution in [2.45, 2.75) is 32.0 Å². The number of carbonyl (C=O) groups is 3. The Hall–Kier alpha value is -1.63. The average Bonchev–Trinajstić information content (AvgIpc) is 2.84. The number of likely N-dealkylation sites (N-methyl/N-ethyl adjacent to an activating group) is 1. The van der Waals surface area contributed by atoms with Gasteiger partial charge in [-0.2, -0.15) is 0 Å². The summed E-state index contributed by atoms with van der Waals surface area (Å²) in [7, 11) is 0. The van der Waals surface area contributed by atoms with Crippen molar-refractivity contribution in [3.05, 3.63) is 0 Å². The molecular formula is C12H18N2O5. The highest BCUT2D eigenvalue weighted by Gasteiger charge is 2.36. The molecule has 0 saturated carbocycles. The molecule has 0 radical (unpaired) electrons. The zero-order valence-corrected chi connectivity index (χ0v) is 10.9. The number of hydrogen-bond donors (Lipinski definition) is 1.